The predicted molar refractivity (Wildman–Crippen MR) is 123 cm³/mol. The van der Waals surface area contributed by atoms with E-state index in [0.717, 1.165) is 47.7 Å². The van der Waals surface area contributed by atoms with E-state index < -0.39 is 10.9 Å². The van der Waals surface area contributed by atoms with E-state index in [1.165, 1.54) is 11.8 Å². The number of Topliss-reactive ketones (excluding diaryl/α,β-unsaturated/α-hetero) is 1. The predicted octanol–water partition coefficient (Wildman–Crippen LogP) is 2.85. The van der Waals surface area contributed by atoms with Crippen LogP contribution in [0.4, 0.5) is 4.79 Å². The molecule has 1 spiro atoms. The Bertz CT molecular complexity index is 1080. The van der Waals surface area contributed by atoms with Gasteiger partial charge >= 0.3 is 6.03 Å². The van der Waals surface area contributed by atoms with Gasteiger partial charge in [0.25, 0.3) is 0 Å². The maximum absolute atomic E-state index is 13.5. The molecular weight excluding hydrogens is 442 g/mol. The molecule has 0 radical (unpaired) electrons. The molecule has 174 valence electrons. The summed E-state index contributed by atoms with van der Waals surface area (Å²) in [5, 5.41) is 13.0. The lowest BCUT2D eigenvalue weighted by Gasteiger charge is -2.38. The van der Waals surface area contributed by atoms with E-state index in [4.69, 9.17) is 9.47 Å². The first-order valence-electron chi connectivity index (χ1n) is 11.6. The van der Waals surface area contributed by atoms with Crippen LogP contribution in [0.25, 0.3) is 0 Å². The van der Waals surface area contributed by atoms with Gasteiger partial charge in [0.05, 0.1) is 5.92 Å². The topological polar surface area (TPSA) is 100 Å². The molecule has 6 rings (SSSR count). The van der Waals surface area contributed by atoms with E-state index in [1.807, 2.05) is 23.1 Å². The molecule has 33 heavy (non-hydrogen) atoms. The minimum atomic E-state index is -0.966. The second-order valence-electron chi connectivity index (χ2n) is 9.62. The number of carbonyl (C=O) groups is 2. The zero-order chi connectivity index (χ0) is 22.7. The van der Waals surface area contributed by atoms with Crippen molar-refractivity contribution >= 4 is 29.4 Å². The summed E-state index contributed by atoms with van der Waals surface area (Å²) in [6, 6.07) is 5.89. The Morgan fingerprint density at radius 2 is 2.03 bits per heavy atom. The Balaban J connectivity index is 1.16. The molecule has 3 unspecified atom stereocenters. The molecular formula is C24H27N3O5S. The largest absolute Gasteiger partial charge is 0.454 e. The maximum Gasteiger partial charge on any atom is 0.323 e. The Labute approximate surface area is 196 Å². The highest BCUT2D eigenvalue weighted by Gasteiger charge is 2.78. The van der Waals surface area contributed by atoms with E-state index in [-0.39, 0.29) is 30.6 Å². The first kappa shape index (κ1) is 21.0. The fourth-order valence-corrected chi connectivity index (χ4v) is 6.89. The van der Waals surface area contributed by atoms with E-state index >= 15 is 0 Å². The molecule has 0 bridgehead atoms. The molecule has 2 amide bonds. The molecule has 1 aromatic rings. The van der Waals surface area contributed by atoms with Gasteiger partial charge in [0, 0.05) is 23.7 Å². The van der Waals surface area contributed by atoms with Crippen molar-refractivity contribution in [2.24, 2.45) is 16.8 Å². The Kier molecular flexibility index (Phi) is 4.95. The van der Waals surface area contributed by atoms with Crippen molar-refractivity contribution in [2.45, 2.75) is 55.9 Å². The molecule has 9 heteroatoms. The van der Waals surface area contributed by atoms with Crippen LogP contribution in [-0.2, 0) is 11.2 Å². The van der Waals surface area contributed by atoms with Crippen molar-refractivity contribution in [1.82, 2.24) is 10.2 Å². The second kappa shape index (κ2) is 7.77. The van der Waals surface area contributed by atoms with Crippen molar-refractivity contribution in [3.63, 3.8) is 0 Å². The van der Waals surface area contributed by atoms with Gasteiger partial charge in [-0.25, -0.2) is 9.79 Å². The molecule has 8 nitrogen and oxygen atoms in total. The fraction of sp³-hybridized carbons (Fsp3) is 0.542. The number of urea groups is 1. The van der Waals surface area contributed by atoms with Crippen LogP contribution in [0.5, 0.6) is 11.5 Å². The summed E-state index contributed by atoms with van der Waals surface area (Å²) < 4.78 is 10.1. The van der Waals surface area contributed by atoms with Crippen LogP contribution in [0.2, 0.25) is 0 Å². The Morgan fingerprint density at radius 1 is 1.27 bits per heavy atom. The lowest BCUT2D eigenvalue weighted by atomic mass is 9.86. The van der Waals surface area contributed by atoms with Crippen molar-refractivity contribution in [3.05, 3.63) is 34.9 Å². The number of aliphatic hydroxyl groups excluding tert-OH is 1. The molecule has 2 aliphatic carbocycles. The molecule has 3 atom stereocenters. The summed E-state index contributed by atoms with van der Waals surface area (Å²) in [5.41, 5.74) is 1.09. The van der Waals surface area contributed by atoms with E-state index in [9.17, 15) is 14.7 Å². The first-order chi connectivity index (χ1) is 16.0. The lowest BCUT2D eigenvalue weighted by molar-refractivity contribution is -0.113. The molecule has 5 aliphatic rings. The monoisotopic (exact) mass is 469 g/mol. The average molecular weight is 470 g/mol. The number of benzene rings is 1. The highest BCUT2D eigenvalue weighted by molar-refractivity contribution is 8.07. The van der Waals surface area contributed by atoms with Crippen molar-refractivity contribution in [1.29, 1.82) is 0 Å². The first-order valence-corrected chi connectivity index (χ1v) is 12.4. The number of rotatable bonds is 4. The summed E-state index contributed by atoms with van der Waals surface area (Å²) in [4.78, 5) is 32.8. The quantitative estimate of drug-likeness (QED) is 0.703. The van der Waals surface area contributed by atoms with Gasteiger partial charge < -0.3 is 19.5 Å². The van der Waals surface area contributed by atoms with E-state index in [1.54, 1.807) is 6.20 Å². The maximum atomic E-state index is 13.5. The number of nitrogens with zero attached hydrogens (tertiary/aromatic N) is 2. The molecule has 1 aromatic carbocycles. The molecule has 0 aromatic heterocycles. The van der Waals surface area contributed by atoms with Gasteiger partial charge in [-0.15, -0.1) is 11.8 Å². The van der Waals surface area contributed by atoms with E-state index in [0.29, 0.717) is 24.7 Å². The number of thioether (sulfide) groups is 1. The van der Waals surface area contributed by atoms with E-state index in [2.05, 4.69) is 17.2 Å². The number of fused-ring (bicyclic) bond motifs is 3. The van der Waals surface area contributed by atoms with Crippen LogP contribution in [0.3, 0.4) is 0 Å². The minimum Gasteiger partial charge on any atom is -0.454 e. The van der Waals surface area contributed by atoms with Gasteiger partial charge in [-0.3, -0.25) is 10.1 Å². The van der Waals surface area contributed by atoms with Crippen LogP contribution in [0, 0.1) is 11.8 Å². The van der Waals surface area contributed by atoms with Crippen molar-refractivity contribution in [3.8, 4) is 11.5 Å². The zero-order valence-corrected chi connectivity index (χ0v) is 19.3. The van der Waals surface area contributed by atoms with Gasteiger partial charge in [-0.05, 0) is 55.7 Å². The number of nitrogens with one attached hydrogen (secondary N) is 1. The third-order valence-electron chi connectivity index (χ3n) is 7.56. The summed E-state index contributed by atoms with van der Waals surface area (Å²) in [5.74, 6) is 2.18. The van der Waals surface area contributed by atoms with Crippen LogP contribution in [0.15, 0.2) is 34.3 Å². The molecule has 2 saturated carbocycles. The van der Waals surface area contributed by atoms with Crippen molar-refractivity contribution < 1.29 is 24.2 Å². The highest BCUT2D eigenvalue weighted by atomic mass is 32.2. The standard InChI is InChI=1S/C24H27N3O5S/c1-13-2-5-15(6-3-13)27(9-8-14-4-7-16-17(10-14)32-12-31-16)23(30)26-22-19-18(11-25-22)33-24(19)20(28)21(24)29/h4,7,10-11,13,15,19-20,28H,2-3,5-6,8-9,12H2,1H3,(H,25,26,30)/t13-,15-,19?,20?,24?. The average Bonchev–Trinajstić information content (AvgIpc) is 3.13. The van der Waals surface area contributed by atoms with Crippen LogP contribution < -0.4 is 14.8 Å². The van der Waals surface area contributed by atoms with Gasteiger partial charge in [0.1, 0.15) is 16.7 Å². The molecule has 3 fully saturated rings. The van der Waals surface area contributed by atoms with Gasteiger partial charge in [-0.2, -0.15) is 0 Å². The normalized spacial score (nSPS) is 33.2. The smallest absolute Gasteiger partial charge is 0.323 e. The Hall–Kier alpha value is -2.52. The number of amidine groups is 1. The third kappa shape index (κ3) is 3.35. The number of carbonyl (C=O) groups excluding carboxylic acids is 2. The highest BCUT2D eigenvalue weighted by Crippen LogP contribution is 2.67. The molecule has 3 heterocycles. The number of hydrogen-bond acceptors (Lipinski definition) is 7. The summed E-state index contributed by atoms with van der Waals surface area (Å²) in [7, 11) is 0. The lowest BCUT2D eigenvalue weighted by Crippen LogP contribution is -2.53. The third-order valence-corrected chi connectivity index (χ3v) is 9.14. The van der Waals surface area contributed by atoms with Crippen molar-refractivity contribution in [2.75, 3.05) is 13.3 Å². The second-order valence-corrected chi connectivity index (χ2v) is 11.0. The molecule has 2 N–H and O–H groups in total. The zero-order valence-electron chi connectivity index (χ0n) is 18.5. The van der Waals surface area contributed by atoms with Gasteiger partial charge in [0.2, 0.25) is 6.79 Å². The number of aliphatic hydroxyl groups is 1. The summed E-state index contributed by atoms with van der Waals surface area (Å²) >= 11 is 1.37. The van der Waals surface area contributed by atoms with Gasteiger partial charge in [0.15, 0.2) is 17.3 Å². The fourth-order valence-electron chi connectivity index (χ4n) is 5.44. The summed E-state index contributed by atoms with van der Waals surface area (Å²) in [6.07, 6.45) is 5.60. The Morgan fingerprint density at radius 3 is 2.79 bits per heavy atom. The molecule has 3 aliphatic heterocycles. The minimum absolute atomic E-state index is 0.167. The van der Waals surface area contributed by atoms with Crippen LogP contribution >= 0.6 is 11.8 Å². The summed E-state index contributed by atoms with van der Waals surface area (Å²) in [6.45, 7) is 3.08. The van der Waals surface area contributed by atoms with Crippen LogP contribution in [0.1, 0.15) is 38.2 Å². The number of amides is 2. The number of aliphatic imine (C=N–C) groups is 1. The SMILES string of the molecule is C[C@H]1CC[C@H](N(CCc2ccc3c(c2)OCO3)C(=O)NC2=NC=C3SC4(C(=O)C4O)C32)CC1. The molecule has 1 saturated heterocycles. The number of ketones is 1. The van der Waals surface area contributed by atoms with Crippen LogP contribution in [-0.4, -0.2) is 57.9 Å². The number of hydrogen-bond donors (Lipinski definition) is 2. The van der Waals surface area contributed by atoms with Gasteiger partial charge in [-0.1, -0.05) is 13.0 Å². The number of ether oxygens (including phenoxy) is 2.